The van der Waals surface area contributed by atoms with Crippen molar-refractivity contribution in [1.29, 1.82) is 0 Å². The quantitative estimate of drug-likeness (QED) is 0.757. The molecular weight excluding hydrogens is 348 g/mol. The van der Waals surface area contributed by atoms with Crippen molar-refractivity contribution in [3.8, 4) is 5.75 Å². The lowest BCUT2D eigenvalue weighted by Gasteiger charge is -2.19. The predicted molar refractivity (Wildman–Crippen MR) is 105 cm³/mol. The molecule has 5 nitrogen and oxygen atoms in total. The van der Waals surface area contributed by atoms with Crippen molar-refractivity contribution >= 4 is 15.7 Å². The fourth-order valence-electron chi connectivity index (χ4n) is 3.47. The summed E-state index contributed by atoms with van der Waals surface area (Å²) in [5.74, 6) is 0.703. The molecule has 0 aliphatic carbocycles. The summed E-state index contributed by atoms with van der Waals surface area (Å²) in [6.07, 6.45) is 1.83. The third kappa shape index (κ3) is 3.86. The number of sulfonamides is 1. The van der Waals surface area contributed by atoms with Crippen LogP contribution in [0.5, 0.6) is 5.75 Å². The first kappa shape index (κ1) is 18.7. The molecule has 0 saturated carbocycles. The molecule has 1 heterocycles. The minimum absolute atomic E-state index is 0.322. The van der Waals surface area contributed by atoms with Gasteiger partial charge in [-0.3, -0.25) is 0 Å². The van der Waals surface area contributed by atoms with Crippen LogP contribution in [0.3, 0.4) is 0 Å². The SMILES string of the molecule is COc1cc(C)c(S(=O)(=O)NCCCN2CCc3ccccc32)cc1C. The highest BCUT2D eigenvalue weighted by atomic mass is 32.2. The van der Waals surface area contributed by atoms with Gasteiger partial charge in [-0.2, -0.15) is 0 Å². The largest absolute Gasteiger partial charge is 0.496 e. The Bertz CT molecular complexity index is 894. The number of hydrogen-bond acceptors (Lipinski definition) is 4. The Morgan fingerprint density at radius 2 is 1.92 bits per heavy atom. The highest BCUT2D eigenvalue weighted by Crippen LogP contribution is 2.27. The first-order valence-electron chi connectivity index (χ1n) is 8.90. The maximum atomic E-state index is 12.6. The van der Waals surface area contributed by atoms with Crippen LogP contribution >= 0.6 is 0 Å². The highest BCUT2D eigenvalue weighted by molar-refractivity contribution is 7.89. The van der Waals surface area contributed by atoms with Crippen LogP contribution in [0, 0.1) is 13.8 Å². The molecule has 1 N–H and O–H groups in total. The van der Waals surface area contributed by atoms with Gasteiger partial charge in [0.15, 0.2) is 0 Å². The Kier molecular flexibility index (Phi) is 5.53. The molecule has 26 heavy (non-hydrogen) atoms. The third-order valence-electron chi connectivity index (χ3n) is 4.86. The summed E-state index contributed by atoms with van der Waals surface area (Å²) in [6, 6.07) is 11.9. The van der Waals surface area contributed by atoms with Gasteiger partial charge in [0.25, 0.3) is 0 Å². The molecule has 1 aliphatic rings. The topological polar surface area (TPSA) is 58.6 Å². The number of ether oxygens (including phenoxy) is 1. The molecule has 6 heteroatoms. The van der Waals surface area contributed by atoms with Gasteiger partial charge < -0.3 is 9.64 Å². The van der Waals surface area contributed by atoms with E-state index in [9.17, 15) is 8.42 Å². The number of aryl methyl sites for hydroxylation is 2. The van der Waals surface area contributed by atoms with Gasteiger partial charge in [-0.25, -0.2) is 13.1 Å². The molecule has 0 amide bonds. The van der Waals surface area contributed by atoms with Gasteiger partial charge in [-0.05, 0) is 61.6 Å². The fraction of sp³-hybridized carbons (Fsp3) is 0.400. The van der Waals surface area contributed by atoms with Gasteiger partial charge in [0.2, 0.25) is 10.0 Å². The molecule has 3 rings (SSSR count). The Labute approximate surface area is 156 Å². The molecule has 0 saturated heterocycles. The van der Waals surface area contributed by atoms with Crippen LogP contribution in [0.1, 0.15) is 23.1 Å². The van der Waals surface area contributed by atoms with Gasteiger partial charge in [-0.15, -0.1) is 0 Å². The van der Waals surface area contributed by atoms with Gasteiger partial charge in [0.1, 0.15) is 5.75 Å². The smallest absolute Gasteiger partial charge is 0.240 e. The zero-order valence-corrected chi connectivity index (χ0v) is 16.4. The van der Waals surface area contributed by atoms with E-state index in [1.165, 1.54) is 11.3 Å². The summed E-state index contributed by atoms with van der Waals surface area (Å²) >= 11 is 0. The van der Waals surface area contributed by atoms with Crippen LogP contribution in [0.25, 0.3) is 0 Å². The number of nitrogens with one attached hydrogen (secondary N) is 1. The van der Waals surface area contributed by atoms with Crippen LogP contribution < -0.4 is 14.4 Å². The van der Waals surface area contributed by atoms with Crippen molar-refractivity contribution in [2.24, 2.45) is 0 Å². The van der Waals surface area contributed by atoms with Gasteiger partial charge in [0, 0.05) is 25.3 Å². The number of hydrogen-bond donors (Lipinski definition) is 1. The molecule has 0 aromatic heterocycles. The number of anilines is 1. The first-order chi connectivity index (χ1) is 12.4. The monoisotopic (exact) mass is 374 g/mol. The van der Waals surface area contributed by atoms with Crippen LogP contribution in [0.15, 0.2) is 41.3 Å². The van der Waals surface area contributed by atoms with Crippen LogP contribution in [0.4, 0.5) is 5.69 Å². The van der Waals surface area contributed by atoms with Crippen molar-refractivity contribution in [1.82, 2.24) is 4.72 Å². The van der Waals surface area contributed by atoms with Gasteiger partial charge in [-0.1, -0.05) is 18.2 Å². The Balaban J connectivity index is 1.59. The van der Waals surface area contributed by atoms with Crippen molar-refractivity contribution in [2.75, 3.05) is 31.6 Å². The van der Waals surface area contributed by atoms with Crippen molar-refractivity contribution < 1.29 is 13.2 Å². The molecule has 0 unspecified atom stereocenters. The Hall–Kier alpha value is -2.05. The molecule has 140 valence electrons. The second-order valence-electron chi connectivity index (χ2n) is 6.70. The number of nitrogens with zero attached hydrogens (tertiary/aromatic N) is 1. The van der Waals surface area contributed by atoms with E-state index in [1.807, 2.05) is 6.92 Å². The summed E-state index contributed by atoms with van der Waals surface area (Å²) in [4.78, 5) is 2.65. The standard InChI is InChI=1S/C20H26N2O3S/c1-15-14-20(16(2)13-19(15)25-3)26(23,24)21-10-6-11-22-12-9-17-7-4-5-8-18(17)22/h4-5,7-8,13-14,21H,6,9-12H2,1-3H3. The molecule has 0 fully saturated rings. The fourth-order valence-corrected chi connectivity index (χ4v) is 4.85. The zero-order valence-electron chi connectivity index (χ0n) is 15.6. The number of benzene rings is 2. The lowest BCUT2D eigenvalue weighted by Crippen LogP contribution is -2.29. The molecule has 2 aromatic rings. The average Bonchev–Trinajstić information content (AvgIpc) is 3.03. The molecule has 1 aliphatic heterocycles. The Morgan fingerprint density at radius 3 is 2.69 bits per heavy atom. The average molecular weight is 375 g/mol. The summed E-state index contributed by atoms with van der Waals surface area (Å²) in [5, 5.41) is 0. The molecule has 0 bridgehead atoms. The number of fused-ring (bicyclic) bond motifs is 1. The summed E-state index contributed by atoms with van der Waals surface area (Å²) in [5.41, 5.74) is 4.15. The maximum Gasteiger partial charge on any atom is 0.240 e. The van der Waals surface area contributed by atoms with Crippen LogP contribution in [0.2, 0.25) is 0 Å². The molecule has 0 spiro atoms. The van der Waals surface area contributed by atoms with E-state index in [1.54, 1.807) is 26.2 Å². The van der Waals surface area contributed by atoms with Gasteiger partial charge >= 0.3 is 0 Å². The Morgan fingerprint density at radius 1 is 1.15 bits per heavy atom. The van der Waals surface area contributed by atoms with Crippen LogP contribution in [-0.4, -0.2) is 35.2 Å². The van der Waals surface area contributed by atoms with E-state index in [0.29, 0.717) is 22.8 Å². The van der Waals surface area contributed by atoms with E-state index < -0.39 is 10.0 Å². The van der Waals surface area contributed by atoms with E-state index in [0.717, 1.165) is 31.5 Å². The van der Waals surface area contributed by atoms with E-state index in [2.05, 4.69) is 33.9 Å². The summed E-state index contributed by atoms with van der Waals surface area (Å²) in [6.45, 7) is 5.91. The van der Waals surface area contributed by atoms with E-state index >= 15 is 0 Å². The second kappa shape index (κ2) is 7.68. The minimum atomic E-state index is -3.52. The van der Waals surface area contributed by atoms with Crippen molar-refractivity contribution in [3.63, 3.8) is 0 Å². The number of para-hydroxylation sites is 1. The highest BCUT2D eigenvalue weighted by Gasteiger charge is 2.20. The summed E-state index contributed by atoms with van der Waals surface area (Å²) < 4.78 is 33.3. The lowest BCUT2D eigenvalue weighted by molar-refractivity contribution is 0.411. The minimum Gasteiger partial charge on any atom is -0.496 e. The van der Waals surface area contributed by atoms with Crippen molar-refractivity contribution in [3.05, 3.63) is 53.1 Å². The lowest BCUT2D eigenvalue weighted by atomic mass is 10.1. The van der Waals surface area contributed by atoms with E-state index in [-0.39, 0.29) is 0 Å². The predicted octanol–water partition coefficient (Wildman–Crippen LogP) is 3.04. The van der Waals surface area contributed by atoms with Gasteiger partial charge in [0.05, 0.1) is 12.0 Å². The normalized spacial score (nSPS) is 13.7. The molecular formula is C20H26N2O3S. The van der Waals surface area contributed by atoms with E-state index in [4.69, 9.17) is 4.74 Å². The molecule has 0 radical (unpaired) electrons. The number of methoxy groups -OCH3 is 1. The second-order valence-corrected chi connectivity index (χ2v) is 8.44. The third-order valence-corrected chi connectivity index (χ3v) is 6.47. The molecule has 0 atom stereocenters. The first-order valence-corrected chi connectivity index (χ1v) is 10.4. The zero-order chi connectivity index (χ0) is 18.7. The van der Waals surface area contributed by atoms with Crippen LogP contribution in [-0.2, 0) is 16.4 Å². The maximum absolute atomic E-state index is 12.6. The number of rotatable bonds is 7. The summed E-state index contributed by atoms with van der Waals surface area (Å²) in [7, 11) is -1.93. The van der Waals surface area contributed by atoms with Crippen molar-refractivity contribution in [2.45, 2.75) is 31.6 Å². The molecule has 2 aromatic carbocycles.